The highest BCUT2D eigenvalue weighted by Crippen LogP contribution is 2.35. The number of hydrogen-bond donors (Lipinski definition) is 1. The lowest BCUT2D eigenvalue weighted by molar-refractivity contribution is -0.384. The third kappa shape index (κ3) is 3.83. The zero-order valence-electron chi connectivity index (χ0n) is 12.0. The average molecular weight is 344 g/mol. The number of nitro groups is 1. The van der Waals surface area contributed by atoms with Gasteiger partial charge in [0, 0.05) is 6.07 Å². The Morgan fingerprint density at radius 3 is 2.65 bits per heavy atom. The second kappa shape index (κ2) is 6.32. The van der Waals surface area contributed by atoms with Crippen molar-refractivity contribution >= 4 is 28.4 Å². The second-order valence-corrected chi connectivity index (χ2v) is 5.42. The predicted octanol–water partition coefficient (Wildman–Crippen LogP) is 4.21. The summed E-state index contributed by atoms with van der Waals surface area (Å²) in [5.74, 6) is 0. The van der Waals surface area contributed by atoms with Gasteiger partial charge in [0.05, 0.1) is 32.3 Å². The van der Waals surface area contributed by atoms with Crippen LogP contribution in [0, 0.1) is 17.0 Å². The molecule has 0 saturated carbocycles. The van der Waals surface area contributed by atoms with Gasteiger partial charge in [-0.05, 0) is 26.0 Å². The third-order valence-electron chi connectivity index (χ3n) is 2.94. The molecular weight excluding hydrogens is 333 g/mol. The molecule has 1 N–H and O–H groups in total. The average Bonchev–Trinajstić information content (AvgIpc) is 2.89. The summed E-state index contributed by atoms with van der Waals surface area (Å²) < 4.78 is 37.9. The molecule has 0 aliphatic rings. The van der Waals surface area contributed by atoms with E-state index in [9.17, 15) is 23.3 Å². The van der Waals surface area contributed by atoms with E-state index in [1.54, 1.807) is 19.4 Å². The van der Waals surface area contributed by atoms with Crippen LogP contribution in [0.1, 0.15) is 23.1 Å². The van der Waals surface area contributed by atoms with Crippen molar-refractivity contribution in [2.45, 2.75) is 20.0 Å². The molecule has 0 fully saturated rings. The fourth-order valence-corrected chi connectivity index (χ4v) is 2.55. The first-order chi connectivity index (χ1) is 10.7. The van der Waals surface area contributed by atoms with Gasteiger partial charge in [0.15, 0.2) is 0 Å². The minimum Gasteiger partial charge on any atom is -0.271 e. The number of anilines is 1. The highest BCUT2D eigenvalue weighted by molar-refractivity contribution is 7.12. The second-order valence-electron chi connectivity index (χ2n) is 4.56. The Hall–Kier alpha value is -2.49. The van der Waals surface area contributed by atoms with Crippen LogP contribution in [-0.2, 0) is 6.18 Å². The Bertz CT molecular complexity index is 771. The molecule has 6 nitrogen and oxygen atoms in total. The molecule has 2 aromatic rings. The van der Waals surface area contributed by atoms with Gasteiger partial charge in [0.2, 0.25) is 0 Å². The quantitative estimate of drug-likeness (QED) is 0.512. The summed E-state index contributed by atoms with van der Waals surface area (Å²) in [6.45, 7) is 3.45. The number of nitrogens with zero attached hydrogens (tertiary/aromatic N) is 3. The number of halogens is 3. The minimum absolute atomic E-state index is 0.121. The number of rotatable bonds is 4. The van der Waals surface area contributed by atoms with Crippen LogP contribution in [0.3, 0.4) is 0 Å². The topological polar surface area (TPSA) is 80.4 Å². The van der Waals surface area contributed by atoms with Crippen molar-refractivity contribution in [3.63, 3.8) is 0 Å². The van der Waals surface area contributed by atoms with Crippen LogP contribution in [0.4, 0.5) is 24.5 Å². The lowest BCUT2D eigenvalue weighted by Crippen LogP contribution is -2.07. The molecule has 23 heavy (non-hydrogen) atoms. The van der Waals surface area contributed by atoms with E-state index >= 15 is 0 Å². The lowest BCUT2D eigenvalue weighted by Gasteiger charge is -2.08. The molecule has 0 aliphatic carbocycles. The molecule has 0 spiro atoms. The third-order valence-corrected chi connectivity index (χ3v) is 3.98. The maximum Gasteiger partial charge on any atom is 0.416 e. The Morgan fingerprint density at radius 1 is 1.43 bits per heavy atom. The SMILES string of the molecule is CC(=NNc1ccc(C(F)(F)F)cc1[N+](=O)[O-])c1scnc1C. The van der Waals surface area contributed by atoms with Gasteiger partial charge < -0.3 is 0 Å². The van der Waals surface area contributed by atoms with Gasteiger partial charge in [-0.3, -0.25) is 15.5 Å². The monoisotopic (exact) mass is 344 g/mol. The van der Waals surface area contributed by atoms with E-state index in [2.05, 4.69) is 15.5 Å². The van der Waals surface area contributed by atoms with Crippen molar-refractivity contribution in [1.82, 2.24) is 4.98 Å². The van der Waals surface area contributed by atoms with Crippen molar-refractivity contribution in [3.8, 4) is 0 Å². The number of hydrazone groups is 1. The van der Waals surface area contributed by atoms with E-state index in [1.807, 2.05) is 0 Å². The summed E-state index contributed by atoms with van der Waals surface area (Å²) in [6.07, 6.45) is -4.65. The zero-order chi connectivity index (χ0) is 17.2. The summed E-state index contributed by atoms with van der Waals surface area (Å²) in [4.78, 5) is 14.9. The molecule has 2 rings (SSSR count). The molecule has 122 valence electrons. The summed E-state index contributed by atoms with van der Waals surface area (Å²) >= 11 is 1.34. The van der Waals surface area contributed by atoms with Crippen LogP contribution in [0.5, 0.6) is 0 Å². The number of nitrogens with one attached hydrogen (secondary N) is 1. The standard InChI is InChI=1S/C13H11F3N4O2S/c1-7-12(23-6-17-7)8(2)18-19-10-4-3-9(13(14,15)16)5-11(10)20(21)22/h3-6,19H,1-2H3. The molecule has 0 amide bonds. The van der Waals surface area contributed by atoms with Gasteiger partial charge >= 0.3 is 6.18 Å². The van der Waals surface area contributed by atoms with E-state index in [0.717, 1.165) is 22.7 Å². The van der Waals surface area contributed by atoms with Crippen LogP contribution in [0.25, 0.3) is 0 Å². The molecule has 0 saturated heterocycles. The van der Waals surface area contributed by atoms with Gasteiger partial charge in [-0.1, -0.05) is 0 Å². The van der Waals surface area contributed by atoms with Crippen LogP contribution < -0.4 is 5.43 Å². The molecule has 1 aromatic heterocycles. The van der Waals surface area contributed by atoms with E-state index < -0.39 is 22.4 Å². The summed E-state index contributed by atoms with van der Waals surface area (Å²) in [6, 6.07) is 2.22. The van der Waals surface area contributed by atoms with Crippen LogP contribution in [-0.4, -0.2) is 15.6 Å². The van der Waals surface area contributed by atoms with E-state index in [1.165, 1.54) is 11.3 Å². The Kier molecular flexibility index (Phi) is 4.64. The van der Waals surface area contributed by atoms with E-state index in [4.69, 9.17) is 0 Å². The van der Waals surface area contributed by atoms with E-state index in [-0.39, 0.29) is 5.69 Å². The lowest BCUT2D eigenvalue weighted by atomic mass is 10.1. The molecule has 0 unspecified atom stereocenters. The molecule has 0 aliphatic heterocycles. The number of alkyl halides is 3. The van der Waals surface area contributed by atoms with Gasteiger partial charge in [0.1, 0.15) is 5.69 Å². The van der Waals surface area contributed by atoms with Crippen LogP contribution >= 0.6 is 11.3 Å². The molecular formula is C13H11F3N4O2S. The molecule has 1 heterocycles. The highest BCUT2D eigenvalue weighted by atomic mass is 32.1. The first-order valence-electron chi connectivity index (χ1n) is 6.26. The number of thiazole rings is 1. The maximum absolute atomic E-state index is 12.6. The summed E-state index contributed by atoms with van der Waals surface area (Å²) in [5.41, 5.74) is 3.45. The molecule has 1 aromatic carbocycles. The fraction of sp³-hybridized carbons (Fsp3) is 0.231. The minimum atomic E-state index is -4.65. The summed E-state index contributed by atoms with van der Waals surface area (Å²) in [7, 11) is 0. The highest BCUT2D eigenvalue weighted by Gasteiger charge is 2.33. The van der Waals surface area contributed by atoms with Gasteiger partial charge in [-0.25, -0.2) is 4.98 Å². The first-order valence-corrected chi connectivity index (χ1v) is 7.14. The van der Waals surface area contributed by atoms with Gasteiger partial charge in [0.25, 0.3) is 5.69 Å². The Balaban J connectivity index is 2.33. The van der Waals surface area contributed by atoms with Gasteiger partial charge in [-0.2, -0.15) is 18.3 Å². The number of benzene rings is 1. The Morgan fingerprint density at radius 2 is 2.13 bits per heavy atom. The van der Waals surface area contributed by atoms with Gasteiger partial charge in [-0.15, -0.1) is 11.3 Å². The van der Waals surface area contributed by atoms with E-state index in [0.29, 0.717) is 11.8 Å². The number of hydrogen-bond acceptors (Lipinski definition) is 6. The normalized spacial score (nSPS) is 12.3. The predicted molar refractivity (Wildman–Crippen MR) is 80.8 cm³/mol. The van der Waals surface area contributed by atoms with Crippen molar-refractivity contribution in [2.24, 2.45) is 5.10 Å². The number of aromatic nitrogens is 1. The van der Waals surface area contributed by atoms with Crippen molar-refractivity contribution in [3.05, 3.63) is 50.0 Å². The van der Waals surface area contributed by atoms with Crippen molar-refractivity contribution in [1.29, 1.82) is 0 Å². The van der Waals surface area contributed by atoms with Crippen molar-refractivity contribution in [2.75, 3.05) is 5.43 Å². The Labute approximate surface area is 132 Å². The smallest absolute Gasteiger partial charge is 0.271 e. The number of aryl methyl sites for hydroxylation is 1. The molecule has 0 atom stereocenters. The first kappa shape index (κ1) is 16.9. The van der Waals surface area contributed by atoms with Crippen LogP contribution in [0.15, 0.2) is 28.8 Å². The number of nitro benzene ring substituents is 1. The van der Waals surface area contributed by atoms with Crippen LogP contribution in [0.2, 0.25) is 0 Å². The molecule has 10 heteroatoms. The largest absolute Gasteiger partial charge is 0.416 e. The molecule has 0 radical (unpaired) electrons. The van der Waals surface area contributed by atoms with Crippen molar-refractivity contribution < 1.29 is 18.1 Å². The maximum atomic E-state index is 12.6. The molecule has 0 bridgehead atoms. The summed E-state index contributed by atoms with van der Waals surface area (Å²) in [5, 5.41) is 15.0. The fourth-order valence-electron chi connectivity index (χ4n) is 1.80. The zero-order valence-corrected chi connectivity index (χ0v) is 12.8.